The first-order valence-corrected chi connectivity index (χ1v) is 6.88. The lowest BCUT2D eigenvalue weighted by atomic mass is 10.2. The smallest absolute Gasteiger partial charge is 0.283 e. The fourth-order valence-electron chi connectivity index (χ4n) is 1.59. The van der Waals surface area contributed by atoms with E-state index in [4.69, 9.17) is 22.4 Å². The molecule has 1 aromatic heterocycles. The van der Waals surface area contributed by atoms with Gasteiger partial charge in [-0.05, 0) is 34.1 Å². The Morgan fingerprint density at radius 3 is 2.90 bits per heavy atom. The highest BCUT2D eigenvalue weighted by molar-refractivity contribution is 9.10. The van der Waals surface area contributed by atoms with Gasteiger partial charge < -0.3 is 16.2 Å². The van der Waals surface area contributed by atoms with Crippen LogP contribution in [0.1, 0.15) is 0 Å². The van der Waals surface area contributed by atoms with E-state index in [1.165, 1.54) is 6.20 Å². The quantitative estimate of drug-likeness (QED) is 0.726. The molecule has 0 fully saturated rings. The number of anilines is 3. The third-order valence-corrected chi connectivity index (χ3v) is 3.65. The van der Waals surface area contributed by atoms with E-state index in [0.717, 1.165) is 4.68 Å². The number of nitrogen functional groups attached to an aromatic ring is 1. The van der Waals surface area contributed by atoms with E-state index in [1.807, 2.05) is 0 Å². The van der Waals surface area contributed by atoms with Crippen molar-refractivity contribution >= 4 is 44.6 Å². The van der Waals surface area contributed by atoms with Gasteiger partial charge in [0.05, 0.1) is 35.7 Å². The van der Waals surface area contributed by atoms with Crippen molar-refractivity contribution in [2.24, 2.45) is 0 Å². The predicted octanol–water partition coefficient (Wildman–Crippen LogP) is 1.98. The molecule has 0 radical (unpaired) electrons. The second kappa shape index (κ2) is 6.25. The molecule has 0 aliphatic carbocycles. The summed E-state index contributed by atoms with van der Waals surface area (Å²) in [4.78, 5) is 12.0. The van der Waals surface area contributed by atoms with Crippen molar-refractivity contribution in [3.8, 4) is 0 Å². The standard InChI is InChI=1S/C12H12BrClN4O2/c13-11-10(6-16-18(3-4-19)12(11)20)17-9-5-7(15)1-2-8(9)14/h1-2,5-6,17,19H,3-4,15H2. The van der Waals surface area contributed by atoms with E-state index in [-0.39, 0.29) is 18.7 Å². The van der Waals surface area contributed by atoms with Crippen LogP contribution < -0.4 is 16.6 Å². The number of hydrogen-bond donors (Lipinski definition) is 3. The van der Waals surface area contributed by atoms with Crippen LogP contribution in [0, 0.1) is 0 Å². The molecular formula is C12H12BrClN4O2. The Hall–Kier alpha value is -1.57. The number of rotatable bonds is 4. The first-order valence-electron chi connectivity index (χ1n) is 5.71. The van der Waals surface area contributed by atoms with E-state index in [2.05, 4.69) is 26.3 Å². The van der Waals surface area contributed by atoms with Crippen LogP contribution in [0.2, 0.25) is 5.02 Å². The first-order chi connectivity index (χ1) is 9.52. The zero-order valence-corrected chi connectivity index (χ0v) is 12.6. The summed E-state index contributed by atoms with van der Waals surface area (Å²) in [5, 5.41) is 16.3. The van der Waals surface area contributed by atoms with Crippen molar-refractivity contribution in [2.75, 3.05) is 17.7 Å². The normalized spacial score (nSPS) is 10.6. The third-order valence-electron chi connectivity index (χ3n) is 2.56. The maximum absolute atomic E-state index is 12.0. The lowest BCUT2D eigenvalue weighted by Crippen LogP contribution is -2.25. The minimum Gasteiger partial charge on any atom is -0.399 e. The highest BCUT2D eigenvalue weighted by Gasteiger charge is 2.10. The molecule has 0 spiro atoms. The molecule has 0 unspecified atom stereocenters. The third kappa shape index (κ3) is 3.12. The minimum atomic E-state index is -0.343. The Bertz CT molecular complexity index is 690. The van der Waals surface area contributed by atoms with Crippen LogP contribution in [-0.2, 0) is 6.54 Å². The number of nitrogens with one attached hydrogen (secondary N) is 1. The second-order valence-corrected chi connectivity index (χ2v) is 5.19. The van der Waals surface area contributed by atoms with E-state index < -0.39 is 0 Å². The Balaban J connectivity index is 2.37. The molecule has 20 heavy (non-hydrogen) atoms. The van der Waals surface area contributed by atoms with Gasteiger partial charge >= 0.3 is 0 Å². The fraction of sp³-hybridized carbons (Fsp3) is 0.167. The van der Waals surface area contributed by atoms with Crippen molar-refractivity contribution in [1.82, 2.24) is 9.78 Å². The molecule has 0 aliphatic rings. The summed E-state index contributed by atoms with van der Waals surface area (Å²) in [6, 6.07) is 5.00. The van der Waals surface area contributed by atoms with E-state index >= 15 is 0 Å². The molecule has 0 bridgehead atoms. The number of aromatic nitrogens is 2. The van der Waals surface area contributed by atoms with Gasteiger partial charge in [0.15, 0.2) is 0 Å². The van der Waals surface area contributed by atoms with Crippen LogP contribution in [-0.4, -0.2) is 21.5 Å². The summed E-state index contributed by atoms with van der Waals surface area (Å²) in [5.41, 5.74) is 6.95. The van der Waals surface area contributed by atoms with E-state index in [0.29, 0.717) is 26.6 Å². The van der Waals surface area contributed by atoms with Crippen LogP contribution in [0.4, 0.5) is 17.1 Å². The molecule has 0 saturated carbocycles. The maximum atomic E-state index is 12.0. The van der Waals surface area contributed by atoms with Gasteiger partial charge in [-0.25, -0.2) is 4.68 Å². The van der Waals surface area contributed by atoms with Crippen LogP contribution in [0.25, 0.3) is 0 Å². The molecule has 1 aromatic carbocycles. The molecule has 0 saturated heterocycles. The Morgan fingerprint density at radius 2 is 2.20 bits per heavy atom. The maximum Gasteiger partial charge on any atom is 0.283 e. The summed E-state index contributed by atoms with van der Waals surface area (Å²) >= 11 is 9.26. The van der Waals surface area contributed by atoms with E-state index in [1.54, 1.807) is 18.2 Å². The zero-order valence-electron chi connectivity index (χ0n) is 10.3. The molecule has 2 aromatic rings. The molecule has 6 nitrogen and oxygen atoms in total. The molecule has 1 heterocycles. The molecule has 0 amide bonds. The molecule has 2 rings (SSSR count). The van der Waals surface area contributed by atoms with Crippen LogP contribution in [0.15, 0.2) is 33.7 Å². The van der Waals surface area contributed by atoms with Crippen LogP contribution in [0.3, 0.4) is 0 Å². The van der Waals surface area contributed by atoms with Gasteiger partial charge in [-0.2, -0.15) is 5.10 Å². The Kier molecular flexibility index (Phi) is 4.64. The predicted molar refractivity (Wildman–Crippen MR) is 82.4 cm³/mol. The summed E-state index contributed by atoms with van der Waals surface area (Å²) in [7, 11) is 0. The van der Waals surface area contributed by atoms with E-state index in [9.17, 15) is 4.79 Å². The number of hydrogen-bond acceptors (Lipinski definition) is 5. The average molecular weight is 360 g/mol. The Labute approximate surface area is 128 Å². The monoisotopic (exact) mass is 358 g/mol. The van der Waals surface area contributed by atoms with Crippen LogP contribution in [0.5, 0.6) is 0 Å². The first kappa shape index (κ1) is 14.8. The largest absolute Gasteiger partial charge is 0.399 e. The molecule has 4 N–H and O–H groups in total. The van der Waals surface area contributed by atoms with Gasteiger partial charge in [-0.15, -0.1) is 0 Å². The number of aliphatic hydroxyl groups is 1. The number of aliphatic hydroxyl groups excluding tert-OH is 1. The number of nitrogens with zero attached hydrogens (tertiary/aromatic N) is 2. The van der Waals surface area contributed by atoms with Crippen molar-refractivity contribution < 1.29 is 5.11 Å². The average Bonchev–Trinajstić information content (AvgIpc) is 2.42. The van der Waals surface area contributed by atoms with Crippen molar-refractivity contribution in [3.05, 3.63) is 44.2 Å². The molecule has 106 valence electrons. The summed E-state index contributed by atoms with van der Waals surface area (Å²) < 4.78 is 1.47. The number of benzene rings is 1. The van der Waals surface area contributed by atoms with Gasteiger partial charge in [-0.3, -0.25) is 4.79 Å². The van der Waals surface area contributed by atoms with Gasteiger partial charge in [0.1, 0.15) is 4.47 Å². The topological polar surface area (TPSA) is 93.2 Å². The molecule has 0 atom stereocenters. The van der Waals surface area contributed by atoms with Crippen molar-refractivity contribution in [3.63, 3.8) is 0 Å². The number of halogens is 2. The lowest BCUT2D eigenvalue weighted by Gasteiger charge is -2.11. The second-order valence-electron chi connectivity index (χ2n) is 3.99. The summed E-state index contributed by atoms with van der Waals surface area (Å²) in [5.74, 6) is 0. The minimum absolute atomic E-state index is 0.136. The lowest BCUT2D eigenvalue weighted by molar-refractivity contribution is 0.266. The number of nitrogens with two attached hydrogens (primary N) is 1. The van der Waals surface area contributed by atoms with Gasteiger partial charge in [0, 0.05) is 5.69 Å². The SMILES string of the molecule is Nc1ccc(Cl)c(Nc2cnn(CCO)c(=O)c2Br)c1. The highest BCUT2D eigenvalue weighted by Crippen LogP contribution is 2.29. The van der Waals surface area contributed by atoms with Gasteiger partial charge in [-0.1, -0.05) is 11.6 Å². The summed E-state index contributed by atoms with van der Waals surface area (Å²) in [6.45, 7) is -0.0239. The Morgan fingerprint density at radius 1 is 1.45 bits per heavy atom. The van der Waals surface area contributed by atoms with Gasteiger partial charge in [0.25, 0.3) is 5.56 Å². The van der Waals surface area contributed by atoms with Crippen LogP contribution >= 0.6 is 27.5 Å². The zero-order chi connectivity index (χ0) is 14.7. The van der Waals surface area contributed by atoms with Crippen molar-refractivity contribution in [2.45, 2.75) is 6.54 Å². The molecular weight excluding hydrogens is 348 g/mol. The van der Waals surface area contributed by atoms with Crippen molar-refractivity contribution in [1.29, 1.82) is 0 Å². The highest BCUT2D eigenvalue weighted by atomic mass is 79.9. The fourth-order valence-corrected chi connectivity index (χ4v) is 2.16. The summed E-state index contributed by atoms with van der Waals surface area (Å²) in [6.07, 6.45) is 1.47. The molecule has 8 heteroatoms. The molecule has 0 aliphatic heterocycles. The van der Waals surface area contributed by atoms with Gasteiger partial charge in [0.2, 0.25) is 0 Å².